The molecule has 7 nitrogen and oxygen atoms in total. The molecule has 0 saturated heterocycles. The van der Waals surface area contributed by atoms with Crippen molar-refractivity contribution in [1.29, 1.82) is 0 Å². The molecular weight excluding hydrogens is 376 g/mol. The van der Waals surface area contributed by atoms with E-state index < -0.39 is 17.0 Å². The van der Waals surface area contributed by atoms with E-state index in [1.54, 1.807) is 16.9 Å². The highest BCUT2D eigenvalue weighted by atomic mass is 32.2. The molecule has 3 aliphatic rings. The zero-order valence-corrected chi connectivity index (χ0v) is 16.4. The third kappa shape index (κ3) is 3.14. The van der Waals surface area contributed by atoms with Crippen LogP contribution >= 0.6 is 0 Å². The maximum atomic E-state index is 12.6. The third-order valence-electron chi connectivity index (χ3n) is 6.13. The number of nitrogens with zero attached hydrogens (tertiary/aromatic N) is 2. The van der Waals surface area contributed by atoms with Crippen LogP contribution in [-0.2, 0) is 36.7 Å². The van der Waals surface area contributed by atoms with Crippen LogP contribution in [0.1, 0.15) is 54.0 Å². The fourth-order valence-electron chi connectivity index (χ4n) is 4.64. The van der Waals surface area contributed by atoms with Crippen LogP contribution in [0.15, 0.2) is 23.4 Å². The van der Waals surface area contributed by atoms with Gasteiger partial charge in [0.1, 0.15) is 0 Å². The van der Waals surface area contributed by atoms with Crippen molar-refractivity contribution >= 4 is 22.7 Å². The maximum Gasteiger partial charge on any atom is 0.331 e. The fraction of sp³-hybridized carbons (Fsp3) is 0.500. The molecule has 5 rings (SSSR count). The summed E-state index contributed by atoms with van der Waals surface area (Å²) in [7, 11) is -1.72. The monoisotopic (exact) mass is 400 g/mol. The number of aliphatic hydroxyl groups is 1. The standard InChI is InChI=1S/C20H24N4O3S/c25-15-10-14(11-15)24-8-7-18(22-24)28(27)23-20(26)21-19-16-5-1-3-12(16)9-13-4-2-6-17(13)19/h7-9,14-15,25H,1-6,10-11H2,(H2,21,23,26). The summed E-state index contributed by atoms with van der Waals surface area (Å²) in [6.45, 7) is 0. The second kappa shape index (κ2) is 7.00. The Balaban J connectivity index is 1.29. The Morgan fingerprint density at radius 2 is 1.82 bits per heavy atom. The Labute approximate surface area is 166 Å². The van der Waals surface area contributed by atoms with Crippen molar-refractivity contribution in [1.82, 2.24) is 14.5 Å². The molecule has 0 aliphatic heterocycles. The molecule has 1 heterocycles. The summed E-state index contributed by atoms with van der Waals surface area (Å²) in [5, 5.41) is 17.0. The Morgan fingerprint density at radius 3 is 2.46 bits per heavy atom. The highest BCUT2D eigenvalue weighted by Crippen LogP contribution is 2.38. The van der Waals surface area contributed by atoms with Crippen molar-refractivity contribution in [3.8, 4) is 0 Å². The first kappa shape index (κ1) is 17.9. The van der Waals surface area contributed by atoms with E-state index in [1.807, 2.05) is 0 Å². The molecule has 1 atom stereocenters. The molecule has 1 aromatic heterocycles. The Morgan fingerprint density at radius 1 is 1.14 bits per heavy atom. The first-order chi connectivity index (χ1) is 13.6. The van der Waals surface area contributed by atoms with Crippen LogP contribution in [0.25, 0.3) is 0 Å². The highest BCUT2D eigenvalue weighted by molar-refractivity contribution is 7.83. The van der Waals surface area contributed by atoms with Crippen molar-refractivity contribution in [2.75, 3.05) is 5.32 Å². The lowest BCUT2D eigenvalue weighted by Crippen LogP contribution is -2.32. The van der Waals surface area contributed by atoms with E-state index >= 15 is 0 Å². The van der Waals surface area contributed by atoms with Crippen molar-refractivity contribution in [3.63, 3.8) is 0 Å². The average Bonchev–Trinajstić information content (AvgIpc) is 3.38. The largest absolute Gasteiger partial charge is 0.393 e. The summed E-state index contributed by atoms with van der Waals surface area (Å²) in [5.41, 5.74) is 6.12. The van der Waals surface area contributed by atoms with Gasteiger partial charge in [-0.2, -0.15) is 5.10 Å². The Bertz CT molecular complexity index is 932. The van der Waals surface area contributed by atoms with Crippen LogP contribution in [0.5, 0.6) is 0 Å². The topological polar surface area (TPSA) is 96.2 Å². The molecule has 28 heavy (non-hydrogen) atoms. The molecule has 0 spiro atoms. The molecule has 1 fully saturated rings. The number of aliphatic hydroxyl groups excluding tert-OH is 1. The average molecular weight is 401 g/mol. The predicted octanol–water partition coefficient (Wildman–Crippen LogP) is 2.40. The fourth-order valence-corrected chi connectivity index (χ4v) is 5.32. The van der Waals surface area contributed by atoms with Crippen LogP contribution < -0.4 is 10.0 Å². The number of hydrogen-bond acceptors (Lipinski definition) is 4. The zero-order chi connectivity index (χ0) is 19.3. The van der Waals surface area contributed by atoms with Crippen molar-refractivity contribution < 1.29 is 14.1 Å². The number of hydrogen-bond donors (Lipinski definition) is 3. The Hall–Kier alpha value is -2.19. The molecule has 0 radical (unpaired) electrons. The maximum absolute atomic E-state index is 12.6. The van der Waals surface area contributed by atoms with E-state index in [2.05, 4.69) is 21.2 Å². The normalized spacial score (nSPS) is 23.6. The number of rotatable bonds is 4. The summed E-state index contributed by atoms with van der Waals surface area (Å²) in [6.07, 6.45) is 9.13. The van der Waals surface area contributed by atoms with E-state index in [-0.39, 0.29) is 12.1 Å². The number of anilines is 1. The number of fused-ring (bicyclic) bond motifs is 2. The molecule has 8 heteroatoms. The molecular formula is C20H24N4O3S. The number of carbonyl (C=O) groups is 1. The summed E-state index contributed by atoms with van der Waals surface area (Å²) in [4.78, 5) is 12.6. The number of urea groups is 1. The lowest BCUT2D eigenvalue weighted by Gasteiger charge is -2.31. The number of nitrogens with one attached hydrogen (secondary N) is 2. The number of carbonyl (C=O) groups excluding carboxylic acids is 1. The smallest absolute Gasteiger partial charge is 0.331 e. The van der Waals surface area contributed by atoms with Crippen LogP contribution in [-0.4, -0.2) is 31.2 Å². The molecule has 1 unspecified atom stereocenters. The summed E-state index contributed by atoms with van der Waals surface area (Å²) in [6, 6.07) is 3.65. The molecule has 3 N–H and O–H groups in total. The van der Waals surface area contributed by atoms with Gasteiger partial charge in [0.15, 0.2) is 16.0 Å². The quantitative estimate of drug-likeness (QED) is 0.734. The van der Waals surface area contributed by atoms with Gasteiger partial charge >= 0.3 is 6.03 Å². The molecule has 148 valence electrons. The SMILES string of the molecule is O=C(Nc1c2c(cc3c1CCC3)CCC2)NS(=O)c1ccn(C2CC(O)C2)n1. The van der Waals surface area contributed by atoms with Gasteiger partial charge in [0.05, 0.1) is 12.1 Å². The predicted molar refractivity (Wildman–Crippen MR) is 106 cm³/mol. The van der Waals surface area contributed by atoms with Gasteiger partial charge in [0.2, 0.25) is 0 Å². The van der Waals surface area contributed by atoms with Crippen molar-refractivity contribution in [3.05, 3.63) is 40.6 Å². The van der Waals surface area contributed by atoms with Crippen LogP contribution in [0.3, 0.4) is 0 Å². The summed E-state index contributed by atoms with van der Waals surface area (Å²) >= 11 is 0. The highest BCUT2D eigenvalue weighted by Gasteiger charge is 2.30. The van der Waals surface area contributed by atoms with E-state index in [1.165, 1.54) is 22.3 Å². The van der Waals surface area contributed by atoms with Gasteiger partial charge in [0.25, 0.3) is 0 Å². The van der Waals surface area contributed by atoms with Gasteiger partial charge in [-0.25, -0.2) is 9.00 Å². The number of benzene rings is 1. The van der Waals surface area contributed by atoms with Gasteiger partial charge in [0, 0.05) is 11.9 Å². The van der Waals surface area contributed by atoms with E-state index in [9.17, 15) is 14.1 Å². The van der Waals surface area contributed by atoms with Gasteiger partial charge < -0.3 is 10.4 Å². The molecule has 1 aromatic carbocycles. The van der Waals surface area contributed by atoms with Gasteiger partial charge in [-0.1, -0.05) is 6.07 Å². The Kier molecular flexibility index (Phi) is 4.47. The minimum Gasteiger partial charge on any atom is -0.393 e. The molecule has 2 amide bonds. The minimum atomic E-state index is -1.72. The minimum absolute atomic E-state index is 0.143. The van der Waals surface area contributed by atoms with Crippen LogP contribution in [0.4, 0.5) is 10.5 Å². The van der Waals surface area contributed by atoms with Gasteiger partial charge in [-0.15, -0.1) is 0 Å². The van der Waals surface area contributed by atoms with E-state index in [4.69, 9.17) is 0 Å². The third-order valence-corrected chi connectivity index (χ3v) is 7.10. The second-order valence-corrected chi connectivity index (χ2v) is 9.13. The van der Waals surface area contributed by atoms with Crippen LogP contribution in [0, 0.1) is 0 Å². The molecule has 3 aliphatic carbocycles. The number of aryl methyl sites for hydroxylation is 2. The zero-order valence-electron chi connectivity index (χ0n) is 15.6. The first-order valence-electron chi connectivity index (χ1n) is 9.97. The van der Waals surface area contributed by atoms with E-state index in [0.29, 0.717) is 17.9 Å². The lowest BCUT2D eigenvalue weighted by molar-refractivity contribution is 0.0429. The molecule has 1 saturated carbocycles. The molecule has 2 aromatic rings. The van der Waals surface area contributed by atoms with Crippen molar-refractivity contribution in [2.45, 2.75) is 68.5 Å². The van der Waals surface area contributed by atoms with Crippen LogP contribution in [0.2, 0.25) is 0 Å². The lowest BCUT2D eigenvalue weighted by atomic mass is 9.90. The van der Waals surface area contributed by atoms with E-state index in [0.717, 1.165) is 44.2 Å². The van der Waals surface area contributed by atoms with Crippen molar-refractivity contribution in [2.24, 2.45) is 0 Å². The number of amides is 2. The summed E-state index contributed by atoms with van der Waals surface area (Å²) < 4.78 is 16.8. The number of aromatic nitrogens is 2. The van der Waals surface area contributed by atoms with Gasteiger partial charge in [-0.3, -0.25) is 9.40 Å². The van der Waals surface area contributed by atoms with Gasteiger partial charge in [-0.05, 0) is 79.7 Å². The molecule has 0 bridgehead atoms. The first-order valence-corrected chi connectivity index (χ1v) is 11.1. The second-order valence-electron chi connectivity index (χ2n) is 7.97. The summed E-state index contributed by atoms with van der Waals surface area (Å²) in [5.74, 6) is 0.